The maximum absolute atomic E-state index is 13.9. The summed E-state index contributed by atoms with van der Waals surface area (Å²) in [5.74, 6) is -3.50. The Labute approximate surface area is 193 Å². The molecule has 1 unspecified atom stereocenters. The Morgan fingerprint density at radius 3 is 2.38 bits per heavy atom. The van der Waals surface area contributed by atoms with Crippen molar-refractivity contribution < 1.29 is 30.9 Å². The van der Waals surface area contributed by atoms with Gasteiger partial charge < -0.3 is 14.7 Å². The molecule has 7 nitrogen and oxygen atoms in total. The highest BCUT2D eigenvalue weighted by atomic mass is 32.2. The number of hydrogen-bond donors (Lipinski definition) is 1. The molecule has 2 N–H and O–H groups in total. The van der Waals surface area contributed by atoms with E-state index in [1.54, 1.807) is 0 Å². The van der Waals surface area contributed by atoms with Crippen LogP contribution in [0.25, 0.3) is 0 Å². The largest absolute Gasteiger partial charge is 0.440 e. The highest BCUT2D eigenvalue weighted by Gasteiger charge is 2.32. The first-order valence-electron chi connectivity index (χ1n) is 9.82. The van der Waals surface area contributed by atoms with E-state index < -0.39 is 27.7 Å². The minimum absolute atomic E-state index is 0.00893. The molecular formula is C24H16F2N2O5S. The standard InChI is InChI=1S/C24H16F2N2O5S/c1-13(29)14-2-6-17(7-3-14)34(30,31)33-16-5-8-18-22(11-16)32-24(28)19(12-27)23(18)15-4-9-20(25)21(26)10-15/h2-11,23H,28H2,1H3. The quantitative estimate of drug-likeness (QED) is 0.428. The molecule has 1 heterocycles. The van der Waals surface area contributed by atoms with Crippen LogP contribution in [0.15, 0.2) is 77.0 Å². The van der Waals surface area contributed by atoms with Crippen molar-refractivity contribution in [2.45, 2.75) is 17.7 Å². The maximum atomic E-state index is 13.9. The number of hydrogen-bond acceptors (Lipinski definition) is 7. The summed E-state index contributed by atoms with van der Waals surface area (Å²) < 4.78 is 63.3. The number of nitrogens with two attached hydrogens (primary N) is 1. The van der Waals surface area contributed by atoms with Crippen molar-refractivity contribution in [2.24, 2.45) is 5.73 Å². The van der Waals surface area contributed by atoms with Crippen molar-refractivity contribution in [3.05, 3.63) is 100 Å². The summed E-state index contributed by atoms with van der Waals surface area (Å²) in [7, 11) is -4.24. The minimum atomic E-state index is -4.24. The highest BCUT2D eigenvalue weighted by Crippen LogP contribution is 2.43. The van der Waals surface area contributed by atoms with Gasteiger partial charge in [0.15, 0.2) is 17.4 Å². The van der Waals surface area contributed by atoms with Gasteiger partial charge >= 0.3 is 10.1 Å². The zero-order valence-electron chi connectivity index (χ0n) is 17.6. The van der Waals surface area contributed by atoms with Crippen LogP contribution in [0, 0.1) is 23.0 Å². The Kier molecular flexibility index (Phi) is 5.81. The number of Topliss-reactive ketones (excluding diaryl/α,β-unsaturated/α-hetero) is 1. The van der Waals surface area contributed by atoms with E-state index in [0.717, 1.165) is 12.1 Å². The molecule has 0 aromatic heterocycles. The van der Waals surface area contributed by atoms with Crippen molar-refractivity contribution in [3.63, 3.8) is 0 Å². The van der Waals surface area contributed by atoms with E-state index in [1.807, 2.05) is 6.07 Å². The number of carbonyl (C=O) groups excluding carboxylic acids is 1. The summed E-state index contributed by atoms with van der Waals surface area (Å²) in [5, 5.41) is 9.57. The van der Waals surface area contributed by atoms with E-state index >= 15 is 0 Å². The van der Waals surface area contributed by atoms with Crippen LogP contribution >= 0.6 is 0 Å². The highest BCUT2D eigenvalue weighted by molar-refractivity contribution is 7.87. The lowest BCUT2D eigenvalue weighted by molar-refractivity contribution is 0.101. The van der Waals surface area contributed by atoms with E-state index in [1.165, 1.54) is 55.5 Å². The molecule has 0 saturated carbocycles. The molecule has 1 aliphatic rings. The third-order valence-electron chi connectivity index (χ3n) is 5.22. The number of fused-ring (bicyclic) bond motifs is 1. The van der Waals surface area contributed by atoms with Crippen LogP contribution in [0.1, 0.15) is 34.3 Å². The molecule has 0 aliphatic carbocycles. The first-order chi connectivity index (χ1) is 16.1. The monoisotopic (exact) mass is 482 g/mol. The molecule has 0 fully saturated rings. The van der Waals surface area contributed by atoms with Crippen LogP contribution < -0.4 is 14.7 Å². The summed E-state index contributed by atoms with van der Waals surface area (Å²) in [6.07, 6.45) is 0. The number of nitrogens with zero attached hydrogens (tertiary/aromatic N) is 1. The lowest BCUT2D eigenvalue weighted by Gasteiger charge is -2.26. The maximum Gasteiger partial charge on any atom is 0.339 e. The molecule has 0 bridgehead atoms. The van der Waals surface area contributed by atoms with Crippen LogP contribution in [0.4, 0.5) is 8.78 Å². The van der Waals surface area contributed by atoms with E-state index in [-0.39, 0.29) is 39.2 Å². The number of halogens is 2. The van der Waals surface area contributed by atoms with Crippen molar-refractivity contribution >= 4 is 15.9 Å². The Morgan fingerprint density at radius 1 is 1.06 bits per heavy atom. The van der Waals surface area contributed by atoms with Gasteiger partial charge in [0.2, 0.25) is 5.88 Å². The van der Waals surface area contributed by atoms with Crippen LogP contribution in [0.5, 0.6) is 11.5 Å². The van der Waals surface area contributed by atoms with Crippen LogP contribution in [0.3, 0.4) is 0 Å². The van der Waals surface area contributed by atoms with Gasteiger partial charge in [-0.1, -0.05) is 24.3 Å². The predicted molar refractivity (Wildman–Crippen MR) is 116 cm³/mol. The normalized spacial score (nSPS) is 15.2. The van der Waals surface area contributed by atoms with Crippen LogP contribution in [-0.2, 0) is 10.1 Å². The van der Waals surface area contributed by atoms with Gasteiger partial charge in [-0.25, -0.2) is 8.78 Å². The number of ketones is 1. The third-order valence-corrected chi connectivity index (χ3v) is 6.48. The zero-order chi connectivity index (χ0) is 24.6. The summed E-state index contributed by atoms with van der Waals surface area (Å²) >= 11 is 0. The van der Waals surface area contributed by atoms with Crippen molar-refractivity contribution in [3.8, 4) is 17.6 Å². The average Bonchev–Trinajstić information content (AvgIpc) is 2.79. The second kappa shape index (κ2) is 8.61. The van der Waals surface area contributed by atoms with Crippen LogP contribution in [-0.4, -0.2) is 14.2 Å². The summed E-state index contributed by atoms with van der Waals surface area (Å²) in [5.41, 5.74) is 6.87. The van der Waals surface area contributed by atoms with E-state index in [9.17, 15) is 27.3 Å². The van der Waals surface area contributed by atoms with Gasteiger partial charge in [0.05, 0.1) is 5.92 Å². The fourth-order valence-corrected chi connectivity index (χ4v) is 4.48. The van der Waals surface area contributed by atoms with Crippen molar-refractivity contribution in [2.75, 3.05) is 0 Å². The molecule has 1 aliphatic heterocycles. The van der Waals surface area contributed by atoms with Gasteiger partial charge in [-0.05, 0) is 42.8 Å². The third kappa shape index (κ3) is 4.21. The fraction of sp³-hybridized carbons (Fsp3) is 0.0833. The topological polar surface area (TPSA) is 119 Å². The van der Waals surface area contributed by atoms with Gasteiger partial charge in [0.1, 0.15) is 28.0 Å². The zero-order valence-corrected chi connectivity index (χ0v) is 18.4. The van der Waals surface area contributed by atoms with Gasteiger partial charge in [0, 0.05) is 17.2 Å². The number of nitriles is 1. The molecule has 0 amide bonds. The first kappa shape index (κ1) is 22.9. The summed E-state index contributed by atoms with van der Waals surface area (Å²) in [6.45, 7) is 1.36. The molecule has 1 atom stereocenters. The lowest BCUT2D eigenvalue weighted by Crippen LogP contribution is -2.21. The number of rotatable bonds is 5. The molecule has 4 rings (SSSR count). The Bertz CT molecular complexity index is 1490. The second-order valence-electron chi connectivity index (χ2n) is 7.42. The molecule has 172 valence electrons. The van der Waals surface area contributed by atoms with Gasteiger partial charge in [-0.2, -0.15) is 13.7 Å². The number of benzene rings is 3. The molecule has 3 aromatic carbocycles. The molecule has 3 aromatic rings. The summed E-state index contributed by atoms with van der Waals surface area (Å²) in [4.78, 5) is 11.2. The smallest absolute Gasteiger partial charge is 0.339 e. The first-order valence-corrected chi connectivity index (χ1v) is 11.2. The molecule has 34 heavy (non-hydrogen) atoms. The summed E-state index contributed by atoms with van der Waals surface area (Å²) in [6, 6.07) is 14.4. The Hall–Kier alpha value is -4.23. The van der Waals surface area contributed by atoms with Gasteiger partial charge in [0.25, 0.3) is 0 Å². The second-order valence-corrected chi connectivity index (χ2v) is 8.96. The number of carbonyl (C=O) groups is 1. The van der Waals surface area contributed by atoms with Crippen molar-refractivity contribution in [1.82, 2.24) is 0 Å². The van der Waals surface area contributed by atoms with Gasteiger partial charge in [-0.3, -0.25) is 4.79 Å². The number of allylic oxidation sites excluding steroid dienone is 1. The Balaban J connectivity index is 1.70. The van der Waals surface area contributed by atoms with Gasteiger partial charge in [-0.15, -0.1) is 0 Å². The fourth-order valence-electron chi connectivity index (χ4n) is 3.55. The van der Waals surface area contributed by atoms with E-state index in [2.05, 4.69) is 0 Å². The van der Waals surface area contributed by atoms with Crippen LogP contribution in [0.2, 0.25) is 0 Å². The SMILES string of the molecule is CC(=O)c1ccc(S(=O)(=O)Oc2ccc3c(c2)OC(N)=C(C#N)C3c2ccc(F)c(F)c2)cc1. The number of ether oxygens (including phenoxy) is 1. The molecule has 10 heteroatoms. The predicted octanol–water partition coefficient (Wildman–Crippen LogP) is 4.15. The lowest BCUT2D eigenvalue weighted by atomic mass is 9.83. The molecule has 0 spiro atoms. The molecule has 0 saturated heterocycles. The van der Waals surface area contributed by atoms with E-state index in [0.29, 0.717) is 11.1 Å². The van der Waals surface area contributed by atoms with Crippen molar-refractivity contribution in [1.29, 1.82) is 5.26 Å². The average molecular weight is 482 g/mol. The molecular weight excluding hydrogens is 466 g/mol. The minimum Gasteiger partial charge on any atom is -0.440 e. The van der Waals surface area contributed by atoms with E-state index in [4.69, 9.17) is 14.7 Å². The Morgan fingerprint density at radius 2 is 1.76 bits per heavy atom. The molecule has 0 radical (unpaired) electrons.